The van der Waals surface area contributed by atoms with Crippen LogP contribution in [0.5, 0.6) is 5.75 Å². The van der Waals surface area contributed by atoms with Gasteiger partial charge in [0.15, 0.2) is 0 Å². The van der Waals surface area contributed by atoms with Crippen LogP contribution < -0.4 is 9.88 Å². The molecule has 21 heavy (non-hydrogen) atoms. The highest BCUT2D eigenvalue weighted by atomic mass is 32.2. The van der Waals surface area contributed by atoms with E-state index in [9.17, 15) is 8.42 Å². The highest BCUT2D eigenvalue weighted by Gasteiger charge is 2.37. The van der Waals surface area contributed by atoms with Crippen LogP contribution in [0.15, 0.2) is 18.2 Å². The van der Waals surface area contributed by atoms with Crippen LogP contribution in [0.1, 0.15) is 24.0 Å². The number of nitrogens with two attached hydrogens (primary N) is 1. The molecule has 0 bridgehead atoms. The first-order valence-electron chi connectivity index (χ1n) is 7.08. The summed E-state index contributed by atoms with van der Waals surface area (Å²) in [6.07, 6.45) is 1.29. The van der Waals surface area contributed by atoms with Crippen molar-refractivity contribution in [3.05, 3.63) is 29.3 Å². The van der Waals surface area contributed by atoms with Crippen molar-refractivity contribution in [3.63, 3.8) is 0 Å². The predicted octanol–water partition coefficient (Wildman–Crippen LogP) is 1.77. The van der Waals surface area contributed by atoms with Crippen molar-refractivity contribution in [1.29, 1.82) is 0 Å². The molecule has 1 fully saturated rings. The summed E-state index contributed by atoms with van der Waals surface area (Å²) in [5.41, 5.74) is 1.70. The van der Waals surface area contributed by atoms with Crippen molar-refractivity contribution in [2.24, 2.45) is 10.6 Å². The molecule has 2 N–H and O–H groups in total. The summed E-state index contributed by atoms with van der Waals surface area (Å²) in [6, 6.07) is 6.00. The van der Waals surface area contributed by atoms with Crippen LogP contribution in [0.3, 0.4) is 0 Å². The zero-order valence-electron chi connectivity index (χ0n) is 12.6. The van der Waals surface area contributed by atoms with Gasteiger partial charge in [-0.3, -0.25) is 0 Å². The van der Waals surface area contributed by atoms with Gasteiger partial charge >= 0.3 is 0 Å². The zero-order chi connectivity index (χ0) is 15.5. The van der Waals surface area contributed by atoms with E-state index in [1.165, 1.54) is 0 Å². The van der Waals surface area contributed by atoms with Crippen molar-refractivity contribution in [2.45, 2.75) is 26.7 Å². The summed E-state index contributed by atoms with van der Waals surface area (Å²) in [6.45, 7) is 5.42. The standard InChI is InChI=1S/C15H23NO4S/c1-12-3-4-13(2)14(9-12)20-10-15(11-21(16,17)18)5-7-19-8-6-15/h3-4,9H,5-8,10-11H2,1-2H3,(H2,16,17,18). The number of sulfonamides is 1. The Labute approximate surface area is 126 Å². The Hall–Kier alpha value is -1.11. The number of ether oxygens (including phenoxy) is 2. The van der Waals surface area contributed by atoms with Gasteiger partial charge < -0.3 is 9.47 Å². The summed E-state index contributed by atoms with van der Waals surface area (Å²) in [4.78, 5) is 0. The second-order valence-corrected chi connectivity index (χ2v) is 7.59. The first-order valence-corrected chi connectivity index (χ1v) is 8.80. The summed E-state index contributed by atoms with van der Waals surface area (Å²) < 4.78 is 34.3. The lowest BCUT2D eigenvalue weighted by atomic mass is 9.83. The highest BCUT2D eigenvalue weighted by Crippen LogP contribution is 2.33. The number of primary sulfonamides is 1. The van der Waals surface area contributed by atoms with E-state index in [1.54, 1.807) is 0 Å². The highest BCUT2D eigenvalue weighted by molar-refractivity contribution is 7.89. The van der Waals surface area contributed by atoms with Gasteiger partial charge in [-0.05, 0) is 43.9 Å². The van der Waals surface area contributed by atoms with Gasteiger partial charge in [0.05, 0.1) is 12.4 Å². The zero-order valence-corrected chi connectivity index (χ0v) is 13.4. The smallest absolute Gasteiger partial charge is 0.209 e. The van der Waals surface area contributed by atoms with Crippen molar-refractivity contribution < 1.29 is 17.9 Å². The third-order valence-corrected chi connectivity index (χ3v) is 4.95. The second-order valence-electron chi connectivity index (χ2n) is 5.98. The molecule has 0 saturated carbocycles. The molecule has 0 atom stereocenters. The molecule has 6 heteroatoms. The van der Waals surface area contributed by atoms with Gasteiger partial charge in [0.1, 0.15) is 5.75 Å². The van der Waals surface area contributed by atoms with E-state index in [0.717, 1.165) is 16.9 Å². The van der Waals surface area contributed by atoms with Gasteiger partial charge in [0, 0.05) is 18.6 Å². The van der Waals surface area contributed by atoms with Crippen LogP contribution in [0.25, 0.3) is 0 Å². The molecule has 1 aromatic carbocycles. The lowest BCUT2D eigenvalue weighted by Crippen LogP contribution is -2.42. The summed E-state index contributed by atoms with van der Waals surface area (Å²) in [7, 11) is -3.54. The van der Waals surface area contributed by atoms with Crippen LogP contribution in [-0.4, -0.2) is 34.0 Å². The monoisotopic (exact) mass is 313 g/mol. The lowest BCUT2D eigenvalue weighted by Gasteiger charge is -2.36. The van der Waals surface area contributed by atoms with Gasteiger partial charge in [-0.1, -0.05) is 12.1 Å². The minimum Gasteiger partial charge on any atom is -0.493 e. The topological polar surface area (TPSA) is 78.6 Å². The lowest BCUT2D eigenvalue weighted by molar-refractivity contribution is 0.00197. The molecule has 1 aliphatic heterocycles. The number of benzene rings is 1. The Morgan fingerprint density at radius 2 is 1.95 bits per heavy atom. The molecular weight excluding hydrogens is 290 g/mol. The van der Waals surface area contributed by atoms with Crippen LogP contribution in [0.2, 0.25) is 0 Å². The van der Waals surface area contributed by atoms with Crippen molar-refractivity contribution >= 4 is 10.0 Å². The average Bonchev–Trinajstić information content (AvgIpc) is 2.39. The fourth-order valence-electron chi connectivity index (χ4n) is 2.66. The predicted molar refractivity (Wildman–Crippen MR) is 81.9 cm³/mol. The molecule has 118 valence electrons. The third kappa shape index (κ3) is 4.69. The molecule has 2 rings (SSSR count). The molecule has 1 saturated heterocycles. The maximum atomic E-state index is 11.5. The fourth-order valence-corrected chi connectivity index (χ4v) is 3.88. The first-order chi connectivity index (χ1) is 9.80. The molecule has 0 aromatic heterocycles. The quantitative estimate of drug-likeness (QED) is 0.898. The molecule has 1 heterocycles. The molecule has 0 unspecified atom stereocenters. The van der Waals surface area contributed by atoms with E-state index in [4.69, 9.17) is 14.6 Å². The van der Waals surface area contributed by atoms with E-state index in [-0.39, 0.29) is 5.75 Å². The Balaban J connectivity index is 2.14. The SMILES string of the molecule is Cc1ccc(C)c(OCC2(CS(N)(=O)=O)CCOCC2)c1. The van der Waals surface area contributed by atoms with Crippen molar-refractivity contribution in [1.82, 2.24) is 0 Å². The minimum atomic E-state index is -3.54. The van der Waals surface area contributed by atoms with E-state index in [0.29, 0.717) is 32.7 Å². The van der Waals surface area contributed by atoms with Crippen molar-refractivity contribution in [2.75, 3.05) is 25.6 Å². The number of rotatable bonds is 5. The average molecular weight is 313 g/mol. The van der Waals surface area contributed by atoms with E-state index in [1.807, 2.05) is 32.0 Å². The van der Waals surface area contributed by atoms with Crippen LogP contribution in [0, 0.1) is 19.3 Å². The molecule has 0 aliphatic carbocycles. The molecule has 0 spiro atoms. The van der Waals surface area contributed by atoms with Gasteiger partial charge in [0.2, 0.25) is 10.0 Å². The van der Waals surface area contributed by atoms with E-state index in [2.05, 4.69) is 0 Å². The van der Waals surface area contributed by atoms with Crippen LogP contribution in [0.4, 0.5) is 0 Å². The minimum absolute atomic E-state index is 0.0613. The number of aryl methyl sites for hydroxylation is 2. The Morgan fingerprint density at radius 1 is 1.29 bits per heavy atom. The largest absolute Gasteiger partial charge is 0.493 e. The van der Waals surface area contributed by atoms with Crippen LogP contribution >= 0.6 is 0 Å². The van der Waals surface area contributed by atoms with Gasteiger partial charge in [-0.15, -0.1) is 0 Å². The van der Waals surface area contributed by atoms with Gasteiger partial charge in [0.25, 0.3) is 0 Å². The van der Waals surface area contributed by atoms with Crippen LogP contribution in [-0.2, 0) is 14.8 Å². The van der Waals surface area contributed by atoms with E-state index >= 15 is 0 Å². The third-order valence-electron chi connectivity index (χ3n) is 3.94. The maximum Gasteiger partial charge on any atom is 0.209 e. The van der Waals surface area contributed by atoms with Gasteiger partial charge in [-0.2, -0.15) is 0 Å². The summed E-state index contributed by atoms with van der Waals surface area (Å²) >= 11 is 0. The Bertz CT molecular complexity index is 592. The van der Waals surface area contributed by atoms with Gasteiger partial charge in [-0.25, -0.2) is 13.6 Å². The molecule has 1 aromatic rings. The fraction of sp³-hybridized carbons (Fsp3) is 0.600. The summed E-state index contributed by atoms with van der Waals surface area (Å²) in [5, 5.41) is 5.25. The number of hydrogen-bond acceptors (Lipinski definition) is 4. The second kappa shape index (κ2) is 6.34. The first kappa shape index (κ1) is 16.3. The molecule has 0 radical (unpaired) electrons. The number of hydrogen-bond donors (Lipinski definition) is 1. The summed E-state index contributed by atoms with van der Waals surface area (Å²) in [5.74, 6) is 0.740. The maximum absolute atomic E-state index is 11.5. The van der Waals surface area contributed by atoms with E-state index < -0.39 is 15.4 Å². The molecule has 1 aliphatic rings. The molecular formula is C15H23NO4S. The van der Waals surface area contributed by atoms with Crippen molar-refractivity contribution in [3.8, 4) is 5.75 Å². The Morgan fingerprint density at radius 3 is 2.57 bits per heavy atom. The molecule has 0 amide bonds. The Kier molecular flexibility index (Phi) is 4.91. The normalized spacial score (nSPS) is 18.4. The molecule has 5 nitrogen and oxygen atoms in total.